The second kappa shape index (κ2) is 7.31. The Balaban J connectivity index is 2.56. The van der Waals surface area contributed by atoms with E-state index in [1.54, 1.807) is 6.92 Å². The highest BCUT2D eigenvalue weighted by atomic mass is 19.1. The second-order valence-corrected chi connectivity index (χ2v) is 4.97. The van der Waals surface area contributed by atoms with Crippen LogP contribution in [0.15, 0.2) is 18.2 Å². The third kappa shape index (κ3) is 4.86. The molecule has 0 aliphatic rings. The SMILES string of the molecule is CC(C)NC(=O)C(C)NCC(O)c1cc(F)ccc1F. The quantitative estimate of drug-likeness (QED) is 0.742. The minimum Gasteiger partial charge on any atom is -0.387 e. The number of hydrogen-bond acceptors (Lipinski definition) is 3. The van der Waals surface area contributed by atoms with Gasteiger partial charge in [-0.2, -0.15) is 0 Å². The molecule has 0 bridgehead atoms. The predicted octanol–water partition coefficient (Wildman–Crippen LogP) is 1.50. The number of halogens is 2. The molecule has 2 atom stereocenters. The van der Waals surface area contributed by atoms with Gasteiger partial charge in [0.2, 0.25) is 5.91 Å². The van der Waals surface area contributed by atoms with Crippen LogP contribution in [-0.4, -0.2) is 29.6 Å². The molecule has 112 valence electrons. The van der Waals surface area contributed by atoms with Crippen molar-refractivity contribution < 1.29 is 18.7 Å². The number of carbonyl (C=O) groups excluding carboxylic acids is 1. The average Bonchev–Trinajstić information content (AvgIpc) is 2.37. The molecule has 0 fully saturated rings. The Kier molecular flexibility index (Phi) is 6.04. The smallest absolute Gasteiger partial charge is 0.237 e. The number of carbonyl (C=O) groups is 1. The maximum atomic E-state index is 13.4. The molecule has 0 aliphatic heterocycles. The molecule has 0 radical (unpaired) electrons. The third-order valence-electron chi connectivity index (χ3n) is 2.76. The fraction of sp³-hybridized carbons (Fsp3) is 0.500. The zero-order valence-corrected chi connectivity index (χ0v) is 11.8. The predicted molar refractivity (Wildman–Crippen MR) is 72.1 cm³/mol. The Hall–Kier alpha value is -1.53. The van der Waals surface area contributed by atoms with Gasteiger partial charge in [-0.3, -0.25) is 4.79 Å². The number of rotatable bonds is 6. The van der Waals surface area contributed by atoms with Gasteiger partial charge >= 0.3 is 0 Å². The first-order chi connectivity index (χ1) is 9.31. The molecule has 4 nitrogen and oxygen atoms in total. The minimum atomic E-state index is -1.22. The maximum absolute atomic E-state index is 13.4. The fourth-order valence-corrected chi connectivity index (χ4v) is 1.67. The lowest BCUT2D eigenvalue weighted by atomic mass is 10.1. The molecule has 0 spiro atoms. The van der Waals surface area contributed by atoms with E-state index in [0.29, 0.717) is 0 Å². The van der Waals surface area contributed by atoms with Gasteiger partial charge in [-0.1, -0.05) is 0 Å². The van der Waals surface area contributed by atoms with Crippen LogP contribution in [0.3, 0.4) is 0 Å². The highest BCUT2D eigenvalue weighted by Gasteiger charge is 2.18. The summed E-state index contributed by atoms with van der Waals surface area (Å²) in [6.45, 7) is 5.25. The molecule has 0 saturated carbocycles. The zero-order chi connectivity index (χ0) is 15.3. The molecule has 0 heterocycles. The van der Waals surface area contributed by atoms with Crippen LogP contribution in [0, 0.1) is 11.6 Å². The summed E-state index contributed by atoms with van der Waals surface area (Å²) in [6.07, 6.45) is -1.22. The van der Waals surface area contributed by atoms with E-state index in [0.717, 1.165) is 18.2 Å². The summed E-state index contributed by atoms with van der Waals surface area (Å²) in [7, 11) is 0. The zero-order valence-electron chi connectivity index (χ0n) is 11.8. The summed E-state index contributed by atoms with van der Waals surface area (Å²) in [5, 5.41) is 15.3. The van der Waals surface area contributed by atoms with Crippen molar-refractivity contribution in [3.63, 3.8) is 0 Å². The van der Waals surface area contributed by atoms with E-state index >= 15 is 0 Å². The summed E-state index contributed by atoms with van der Waals surface area (Å²) >= 11 is 0. The van der Waals surface area contributed by atoms with Crippen molar-refractivity contribution >= 4 is 5.91 Å². The topological polar surface area (TPSA) is 61.4 Å². The maximum Gasteiger partial charge on any atom is 0.237 e. The van der Waals surface area contributed by atoms with E-state index in [-0.39, 0.29) is 24.1 Å². The summed E-state index contributed by atoms with van der Waals surface area (Å²) in [4.78, 5) is 11.6. The first-order valence-electron chi connectivity index (χ1n) is 6.48. The Morgan fingerprint density at radius 1 is 1.30 bits per heavy atom. The first kappa shape index (κ1) is 16.5. The monoisotopic (exact) mass is 286 g/mol. The van der Waals surface area contributed by atoms with Crippen LogP contribution in [0.1, 0.15) is 32.4 Å². The minimum absolute atomic E-state index is 0.0114. The molecule has 1 amide bonds. The van der Waals surface area contributed by atoms with Crippen LogP contribution in [0.2, 0.25) is 0 Å². The molecule has 0 aromatic heterocycles. The van der Waals surface area contributed by atoms with Crippen molar-refractivity contribution in [3.8, 4) is 0 Å². The van der Waals surface area contributed by atoms with Crippen molar-refractivity contribution in [1.29, 1.82) is 0 Å². The van der Waals surface area contributed by atoms with Gasteiger partial charge in [0.25, 0.3) is 0 Å². The standard InChI is InChI=1S/C14H20F2N2O2/c1-8(2)18-14(20)9(3)17-7-13(19)11-6-10(15)4-5-12(11)16/h4-6,8-9,13,17,19H,7H2,1-3H3,(H,18,20). The number of nitrogens with one attached hydrogen (secondary N) is 2. The van der Waals surface area contributed by atoms with Gasteiger partial charge in [-0.15, -0.1) is 0 Å². The Morgan fingerprint density at radius 2 is 1.95 bits per heavy atom. The Bertz CT molecular complexity index is 466. The van der Waals surface area contributed by atoms with Crippen LogP contribution in [0.5, 0.6) is 0 Å². The second-order valence-electron chi connectivity index (χ2n) is 4.97. The molecule has 6 heteroatoms. The number of aliphatic hydroxyl groups excluding tert-OH is 1. The first-order valence-corrected chi connectivity index (χ1v) is 6.48. The Labute approximate surface area is 117 Å². The van der Waals surface area contributed by atoms with E-state index in [2.05, 4.69) is 10.6 Å². The van der Waals surface area contributed by atoms with Gasteiger partial charge in [0.15, 0.2) is 0 Å². The summed E-state index contributed by atoms with van der Waals surface area (Å²) < 4.78 is 26.5. The van der Waals surface area contributed by atoms with Crippen molar-refractivity contribution in [1.82, 2.24) is 10.6 Å². The molecule has 0 aliphatic carbocycles. The van der Waals surface area contributed by atoms with Gasteiger partial charge < -0.3 is 15.7 Å². The van der Waals surface area contributed by atoms with E-state index in [1.165, 1.54) is 0 Å². The number of aliphatic hydroxyl groups is 1. The summed E-state index contributed by atoms with van der Waals surface area (Å²) in [5.74, 6) is -1.52. The van der Waals surface area contributed by atoms with Crippen LogP contribution >= 0.6 is 0 Å². The molecule has 20 heavy (non-hydrogen) atoms. The molecule has 2 unspecified atom stereocenters. The van der Waals surface area contributed by atoms with Gasteiger partial charge in [-0.05, 0) is 39.0 Å². The molecule has 0 saturated heterocycles. The normalized spacial score (nSPS) is 14.2. The number of hydrogen-bond donors (Lipinski definition) is 3. The molecule has 3 N–H and O–H groups in total. The van der Waals surface area contributed by atoms with Crippen LogP contribution in [0.4, 0.5) is 8.78 Å². The van der Waals surface area contributed by atoms with Crippen LogP contribution in [-0.2, 0) is 4.79 Å². The van der Waals surface area contributed by atoms with E-state index in [4.69, 9.17) is 0 Å². The fourth-order valence-electron chi connectivity index (χ4n) is 1.67. The highest BCUT2D eigenvalue weighted by Crippen LogP contribution is 2.17. The number of benzene rings is 1. The molecular weight excluding hydrogens is 266 g/mol. The van der Waals surface area contributed by atoms with Gasteiger partial charge in [-0.25, -0.2) is 8.78 Å². The molecule has 1 rings (SSSR count). The number of amides is 1. The van der Waals surface area contributed by atoms with E-state index in [9.17, 15) is 18.7 Å². The lowest BCUT2D eigenvalue weighted by Gasteiger charge is -2.18. The lowest BCUT2D eigenvalue weighted by Crippen LogP contribution is -2.45. The third-order valence-corrected chi connectivity index (χ3v) is 2.76. The van der Waals surface area contributed by atoms with Gasteiger partial charge in [0.05, 0.1) is 12.1 Å². The van der Waals surface area contributed by atoms with Gasteiger partial charge in [0.1, 0.15) is 11.6 Å². The van der Waals surface area contributed by atoms with Gasteiger partial charge in [0, 0.05) is 18.2 Å². The Morgan fingerprint density at radius 3 is 2.55 bits per heavy atom. The van der Waals surface area contributed by atoms with E-state index in [1.807, 2.05) is 13.8 Å². The van der Waals surface area contributed by atoms with E-state index < -0.39 is 23.8 Å². The average molecular weight is 286 g/mol. The van der Waals surface area contributed by atoms with Crippen LogP contribution in [0.25, 0.3) is 0 Å². The summed E-state index contributed by atoms with van der Waals surface area (Å²) in [5.41, 5.74) is -0.131. The molecular formula is C14H20F2N2O2. The van der Waals surface area contributed by atoms with Crippen molar-refractivity contribution in [2.75, 3.05) is 6.54 Å². The van der Waals surface area contributed by atoms with Crippen molar-refractivity contribution in [2.45, 2.75) is 39.0 Å². The highest BCUT2D eigenvalue weighted by molar-refractivity contribution is 5.81. The molecule has 1 aromatic carbocycles. The van der Waals surface area contributed by atoms with Crippen LogP contribution < -0.4 is 10.6 Å². The molecule has 1 aromatic rings. The lowest BCUT2D eigenvalue weighted by molar-refractivity contribution is -0.123. The summed E-state index contributed by atoms with van der Waals surface area (Å²) in [6, 6.07) is 2.36. The van der Waals surface area contributed by atoms with Crippen molar-refractivity contribution in [3.05, 3.63) is 35.4 Å². The largest absolute Gasteiger partial charge is 0.387 e. The van der Waals surface area contributed by atoms with Crippen molar-refractivity contribution in [2.24, 2.45) is 0 Å².